The maximum absolute atomic E-state index is 11.9. The van der Waals surface area contributed by atoms with Crippen molar-refractivity contribution in [3.63, 3.8) is 0 Å². The molecule has 0 aliphatic rings. The predicted octanol–water partition coefficient (Wildman–Crippen LogP) is 2.46. The van der Waals surface area contributed by atoms with E-state index in [2.05, 4.69) is 12.2 Å². The lowest BCUT2D eigenvalue weighted by Crippen LogP contribution is -2.28. The highest BCUT2D eigenvalue weighted by Crippen LogP contribution is 2.11. The number of rotatable bonds is 7. The Kier molecular flexibility index (Phi) is 6.45. The average molecular weight is 280 g/mol. The first-order chi connectivity index (χ1) is 9.04. The molecule has 1 atom stereocenters. The molecule has 104 valence electrons. The molecular formula is C14H20N2O2S. The van der Waals surface area contributed by atoms with Gasteiger partial charge >= 0.3 is 0 Å². The number of nitrogens with two attached hydrogens (primary N) is 1. The second kappa shape index (κ2) is 7.86. The van der Waals surface area contributed by atoms with Crippen molar-refractivity contribution >= 4 is 28.8 Å². The van der Waals surface area contributed by atoms with Crippen molar-refractivity contribution in [3.8, 4) is 0 Å². The highest BCUT2D eigenvalue weighted by molar-refractivity contribution is 7.80. The number of hydrogen-bond donors (Lipinski definition) is 2. The van der Waals surface area contributed by atoms with Crippen LogP contribution in [0.3, 0.4) is 0 Å². The van der Waals surface area contributed by atoms with Crippen LogP contribution in [0.4, 0.5) is 5.69 Å². The Labute approximate surface area is 119 Å². The van der Waals surface area contributed by atoms with Crippen LogP contribution in [0.15, 0.2) is 24.3 Å². The smallest absolute Gasteiger partial charge is 0.253 e. The van der Waals surface area contributed by atoms with Crippen molar-refractivity contribution in [1.29, 1.82) is 0 Å². The zero-order valence-electron chi connectivity index (χ0n) is 11.3. The third-order valence-electron chi connectivity index (χ3n) is 2.65. The SMILES string of the molecule is CCCCOC(C)C(=O)Nc1cccc(C(N)=S)c1. The van der Waals surface area contributed by atoms with Gasteiger partial charge in [-0.3, -0.25) is 4.79 Å². The van der Waals surface area contributed by atoms with E-state index in [9.17, 15) is 4.79 Å². The van der Waals surface area contributed by atoms with Gasteiger partial charge in [0.05, 0.1) is 0 Å². The van der Waals surface area contributed by atoms with Crippen molar-refractivity contribution in [2.75, 3.05) is 11.9 Å². The van der Waals surface area contributed by atoms with E-state index in [-0.39, 0.29) is 5.91 Å². The minimum Gasteiger partial charge on any atom is -0.389 e. The van der Waals surface area contributed by atoms with Crippen LogP contribution in [0.25, 0.3) is 0 Å². The summed E-state index contributed by atoms with van der Waals surface area (Å²) in [6.45, 7) is 4.41. The molecule has 19 heavy (non-hydrogen) atoms. The van der Waals surface area contributed by atoms with E-state index in [4.69, 9.17) is 22.7 Å². The first-order valence-corrected chi connectivity index (χ1v) is 6.77. The van der Waals surface area contributed by atoms with Crippen molar-refractivity contribution in [2.45, 2.75) is 32.8 Å². The normalized spacial score (nSPS) is 11.9. The molecule has 5 heteroatoms. The summed E-state index contributed by atoms with van der Waals surface area (Å²) < 4.78 is 5.43. The van der Waals surface area contributed by atoms with Crippen LogP contribution >= 0.6 is 12.2 Å². The van der Waals surface area contributed by atoms with Gasteiger partial charge in [0.2, 0.25) is 0 Å². The van der Waals surface area contributed by atoms with E-state index in [1.165, 1.54) is 0 Å². The van der Waals surface area contributed by atoms with E-state index >= 15 is 0 Å². The zero-order chi connectivity index (χ0) is 14.3. The molecule has 0 saturated carbocycles. The highest BCUT2D eigenvalue weighted by Gasteiger charge is 2.13. The van der Waals surface area contributed by atoms with Gasteiger partial charge in [-0.1, -0.05) is 37.7 Å². The van der Waals surface area contributed by atoms with Crippen LogP contribution in [0.2, 0.25) is 0 Å². The van der Waals surface area contributed by atoms with Crippen LogP contribution in [-0.2, 0) is 9.53 Å². The summed E-state index contributed by atoms with van der Waals surface area (Å²) in [5, 5.41) is 2.78. The fraction of sp³-hybridized carbons (Fsp3) is 0.429. The van der Waals surface area contributed by atoms with Gasteiger partial charge in [0.25, 0.3) is 5.91 Å². The molecule has 4 nitrogen and oxygen atoms in total. The Morgan fingerprint density at radius 3 is 2.89 bits per heavy atom. The molecule has 0 aliphatic carbocycles. The summed E-state index contributed by atoms with van der Waals surface area (Å²) >= 11 is 4.90. The minimum atomic E-state index is -0.472. The van der Waals surface area contributed by atoms with Crippen molar-refractivity contribution < 1.29 is 9.53 Å². The fourth-order valence-electron chi connectivity index (χ4n) is 1.47. The lowest BCUT2D eigenvalue weighted by molar-refractivity contribution is -0.126. The van der Waals surface area contributed by atoms with Crippen LogP contribution in [-0.4, -0.2) is 23.6 Å². The molecule has 0 radical (unpaired) electrons. The molecule has 1 aromatic carbocycles. The third kappa shape index (κ3) is 5.36. The fourth-order valence-corrected chi connectivity index (χ4v) is 1.60. The Morgan fingerprint density at radius 2 is 2.26 bits per heavy atom. The number of amides is 1. The molecule has 1 unspecified atom stereocenters. The molecule has 0 aliphatic heterocycles. The molecule has 1 rings (SSSR count). The number of carbonyl (C=O) groups excluding carboxylic acids is 1. The van der Waals surface area contributed by atoms with E-state index in [1.807, 2.05) is 0 Å². The van der Waals surface area contributed by atoms with Gasteiger partial charge in [-0.05, 0) is 25.5 Å². The third-order valence-corrected chi connectivity index (χ3v) is 2.89. The van der Waals surface area contributed by atoms with Crippen LogP contribution in [0.5, 0.6) is 0 Å². The predicted molar refractivity (Wildman–Crippen MR) is 81.3 cm³/mol. The Balaban J connectivity index is 2.56. The molecule has 0 bridgehead atoms. The van der Waals surface area contributed by atoms with Crippen LogP contribution in [0, 0.1) is 0 Å². The lowest BCUT2D eigenvalue weighted by Gasteiger charge is -2.13. The van der Waals surface area contributed by atoms with E-state index in [0.717, 1.165) is 18.4 Å². The second-order valence-corrected chi connectivity index (χ2v) is 4.74. The second-order valence-electron chi connectivity index (χ2n) is 4.30. The molecule has 0 saturated heterocycles. The van der Waals surface area contributed by atoms with E-state index in [0.29, 0.717) is 17.3 Å². The average Bonchev–Trinajstić information content (AvgIpc) is 2.39. The molecule has 0 spiro atoms. The summed E-state index contributed by atoms with van der Waals surface area (Å²) in [4.78, 5) is 12.2. The summed E-state index contributed by atoms with van der Waals surface area (Å²) in [6.07, 6.45) is 1.53. The largest absolute Gasteiger partial charge is 0.389 e. The first-order valence-electron chi connectivity index (χ1n) is 6.37. The van der Waals surface area contributed by atoms with Gasteiger partial charge in [0.1, 0.15) is 11.1 Å². The van der Waals surface area contributed by atoms with Gasteiger partial charge < -0.3 is 15.8 Å². The van der Waals surface area contributed by atoms with Gasteiger partial charge in [0.15, 0.2) is 0 Å². The monoisotopic (exact) mass is 280 g/mol. The van der Waals surface area contributed by atoms with E-state index < -0.39 is 6.10 Å². The molecule has 0 heterocycles. The number of anilines is 1. The number of thiocarbonyl (C=S) groups is 1. The topological polar surface area (TPSA) is 64.3 Å². The highest BCUT2D eigenvalue weighted by atomic mass is 32.1. The molecule has 0 fully saturated rings. The lowest BCUT2D eigenvalue weighted by atomic mass is 10.2. The summed E-state index contributed by atoms with van der Waals surface area (Å²) in [5.74, 6) is -0.170. The quantitative estimate of drug-likeness (QED) is 0.595. The number of nitrogens with one attached hydrogen (secondary N) is 1. The number of carbonyl (C=O) groups is 1. The van der Waals surface area contributed by atoms with Gasteiger partial charge in [0, 0.05) is 17.9 Å². The summed E-state index contributed by atoms with van der Waals surface area (Å²) in [5.41, 5.74) is 6.95. The molecular weight excluding hydrogens is 260 g/mol. The van der Waals surface area contributed by atoms with Gasteiger partial charge in [-0.2, -0.15) is 0 Å². The molecule has 1 aromatic rings. The molecule has 3 N–H and O–H groups in total. The first kappa shape index (κ1) is 15.6. The van der Waals surface area contributed by atoms with Crippen LogP contribution in [0.1, 0.15) is 32.3 Å². The number of ether oxygens (including phenoxy) is 1. The summed E-state index contributed by atoms with van der Waals surface area (Å²) in [6, 6.07) is 7.14. The zero-order valence-corrected chi connectivity index (χ0v) is 12.1. The van der Waals surface area contributed by atoms with Crippen molar-refractivity contribution in [2.24, 2.45) is 5.73 Å². The van der Waals surface area contributed by atoms with E-state index in [1.54, 1.807) is 31.2 Å². The molecule has 1 amide bonds. The Hall–Kier alpha value is -1.46. The maximum atomic E-state index is 11.9. The minimum absolute atomic E-state index is 0.170. The maximum Gasteiger partial charge on any atom is 0.253 e. The summed E-state index contributed by atoms with van der Waals surface area (Å²) in [7, 11) is 0. The van der Waals surface area contributed by atoms with Crippen LogP contribution < -0.4 is 11.1 Å². The Morgan fingerprint density at radius 1 is 1.53 bits per heavy atom. The standard InChI is InChI=1S/C14H20N2O2S/c1-3-4-8-18-10(2)14(17)16-12-7-5-6-11(9-12)13(15)19/h5-7,9-10H,3-4,8H2,1-2H3,(H2,15,19)(H,16,17). The molecule has 0 aromatic heterocycles. The number of benzene rings is 1. The number of unbranched alkanes of at least 4 members (excludes halogenated alkanes) is 1. The number of hydrogen-bond acceptors (Lipinski definition) is 3. The van der Waals surface area contributed by atoms with Crippen molar-refractivity contribution in [3.05, 3.63) is 29.8 Å². The van der Waals surface area contributed by atoms with Gasteiger partial charge in [-0.15, -0.1) is 0 Å². The van der Waals surface area contributed by atoms with Crippen molar-refractivity contribution in [1.82, 2.24) is 0 Å². The Bertz CT molecular complexity index is 449. The van der Waals surface area contributed by atoms with Gasteiger partial charge in [-0.25, -0.2) is 0 Å².